The number of hydrogen-bond acceptors (Lipinski definition) is 2. The third kappa shape index (κ3) is 3.32. The summed E-state index contributed by atoms with van der Waals surface area (Å²) in [5, 5.41) is 0. The van der Waals surface area contributed by atoms with E-state index in [0.717, 1.165) is 22.9 Å². The van der Waals surface area contributed by atoms with Gasteiger partial charge in [0, 0.05) is 24.2 Å². The number of aryl methyl sites for hydroxylation is 1. The van der Waals surface area contributed by atoms with Gasteiger partial charge in [0.15, 0.2) is 0 Å². The van der Waals surface area contributed by atoms with Gasteiger partial charge in [0.1, 0.15) is 23.3 Å². The Labute approximate surface area is 178 Å². The van der Waals surface area contributed by atoms with Crippen molar-refractivity contribution >= 4 is 0 Å². The first-order valence-corrected chi connectivity index (χ1v) is 9.79. The zero-order valence-corrected chi connectivity index (χ0v) is 16.7. The lowest BCUT2D eigenvalue weighted by Crippen LogP contribution is -2.06. The van der Waals surface area contributed by atoms with E-state index in [1.165, 1.54) is 12.1 Å². The zero-order valence-electron chi connectivity index (χ0n) is 16.7. The minimum absolute atomic E-state index is 0.210. The summed E-state index contributed by atoms with van der Waals surface area (Å²) in [6.45, 7) is 0. The summed E-state index contributed by atoms with van der Waals surface area (Å²) >= 11 is 0. The van der Waals surface area contributed by atoms with Crippen LogP contribution in [0, 0.1) is 11.6 Å². The molecule has 0 radical (unpaired) electrons. The fourth-order valence-electron chi connectivity index (χ4n) is 3.72. The standard InChI is InChI=1S/C25H18F2N4/c1-30-16-28-15-22(30)31-24(18-10-6-3-7-11-18)23(17-8-4-2-5-9-17)29-25(31)20-13-12-19(26)14-21(20)27/h2-16H,1H3. The average molecular weight is 412 g/mol. The van der Waals surface area contributed by atoms with Gasteiger partial charge in [0.2, 0.25) is 0 Å². The Bertz CT molecular complexity index is 1360. The topological polar surface area (TPSA) is 35.6 Å². The molecule has 0 N–H and O–H groups in total. The summed E-state index contributed by atoms with van der Waals surface area (Å²) < 4.78 is 32.2. The first-order valence-electron chi connectivity index (χ1n) is 9.79. The van der Waals surface area contributed by atoms with Crippen LogP contribution in [-0.4, -0.2) is 19.1 Å². The molecule has 6 heteroatoms. The van der Waals surface area contributed by atoms with Gasteiger partial charge >= 0.3 is 0 Å². The summed E-state index contributed by atoms with van der Waals surface area (Å²) in [5.41, 5.74) is 3.53. The molecular formula is C25H18F2N4. The molecule has 4 nitrogen and oxygen atoms in total. The summed E-state index contributed by atoms with van der Waals surface area (Å²) in [4.78, 5) is 9.12. The first kappa shape index (κ1) is 18.9. The van der Waals surface area contributed by atoms with Crippen LogP contribution in [0.5, 0.6) is 0 Å². The quantitative estimate of drug-likeness (QED) is 0.369. The third-order valence-corrected chi connectivity index (χ3v) is 5.16. The minimum Gasteiger partial charge on any atom is -0.320 e. The Kier molecular flexibility index (Phi) is 4.67. The third-order valence-electron chi connectivity index (χ3n) is 5.16. The number of aromatic nitrogens is 4. The van der Waals surface area contributed by atoms with E-state index in [9.17, 15) is 8.78 Å². The average Bonchev–Trinajstić information content (AvgIpc) is 3.38. The highest BCUT2D eigenvalue weighted by molar-refractivity contribution is 5.83. The van der Waals surface area contributed by atoms with E-state index in [2.05, 4.69) is 4.98 Å². The zero-order chi connectivity index (χ0) is 21.4. The highest BCUT2D eigenvalue weighted by Crippen LogP contribution is 2.38. The van der Waals surface area contributed by atoms with E-state index in [1.54, 1.807) is 12.5 Å². The van der Waals surface area contributed by atoms with Crippen molar-refractivity contribution in [3.63, 3.8) is 0 Å². The molecule has 2 heterocycles. The number of halogens is 2. The van der Waals surface area contributed by atoms with Crippen LogP contribution in [0.25, 0.3) is 39.7 Å². The van der Waals surface area contributed by atoms with Gasteiger partial charge in [-0.25, -0.2) is 18.7 Å². The molecule has 0 fully saturated rings. The largest absolute Gasteiger partial charge is 0.320 e. The van der Waals surface area contributed by atoms with Gasteiger partial charge in [-0.1, -0.05) is 60.7 Å². The molecule has 31 heavy (non-hydrogen) atoms. The molecule has 2 aromatic heterocycles. The molecule has 0 spiro atoms. The molecule has 0 aliphatic heterocycles. The SMILES string of the molecule is Cn1cncc1-n1c(-c2ccc(F)cc2F)nc(-c2ccccc2)c1-c1ccccc1. The number of imidazole rings is 2. The summed E-state index contributed by atoms with van der Waals surface area (Å²) in [7, 11) is 1.87. The Morgan fingerprint density at radius 3 is 2.10 bits per heavy atom. The Morgan fingerprint density at radius 2 is 1.48 bits per heavy atom. The van der Waals surface area contributed by atoms with Gasteiger partial charge in [-0.3, -0.25) is 4.57 Å². The van der Waals surface area contributed by atoms with Crippen LogP contribution in [0.3, 0.4) is 0 Å². The number of nitrogens with zero attached hydrogens (tertiary/aromatic N) is 4. The van der Waals surface area contributed by atoms with Crippen molar-refractivity contribution in [2.75, 3.05) is 0 Å². The fourth-order valence-corrected chi connectivity index (χ4v) is 3.72. The van der Waals surface area contributed by atoms with E-state index in [0.29, 0.717) is 17.3 Å². The van der Waals surface area contributed by atoms with Crippen LogP contribution >= 0.6 is 0 Å². The second-order valence-electron chi connectivity index (χ2n) is 7.19. The summed E-state index contributed by atoms with van der Waals surface area (Å²) in [6.07, 6.45) is 3.38. The van der Waals surface area contributed by atoms with Crippen LogP contribution in [0.1, 0.15) is 0 Å². The number of benzene rings is 3. The maximum absolute atomic E-state index is 14.9. The maximum atomic E-state index is 14.9. The van der Waals surface area contributed by atoms with Crippen molar-refractivity contribution < 1.29 is 8.78 Å². The van der Waals surface area contributed by atoms with Gasteiger partial charge in [-0.15, -0.1) is 0 Å². The molecule has 152 valence electrons. The van der Waals surface area contributed by atoms with Crippen LogP contribution in [0.4, 0.5) is 8.78 Å². The van der Waals surface area contributed by atoms with Crippen LogP contribution in [-0.2, 0) is 7.05 Å². The Hall–Kier alpha value is -4.06. The highest BCUT2D eigenvalue weighted by atomic mass is 19.1. The molecule has 0 saturated carbocycles. The highest BCUT2D eigenvalue weighted by Gasteiger charge is 2.25. The molecule has 5 aromatic rings. The molecule has 0 atom stereocenters. The summed E-state index contributed by atoms with van der Waals surface area (Å²) in [6, 6.07) is 23.1. The molecule has 0 saturated heterocycles. The van der Waals surface area contributed by atoms with E-state index < -0.39 is 11.6 Å². The van der Waals surface area contributed by atoms with E-state index in [-0.39, 0.29) is 5.56 Å². The molecule has 0 bridgehead atoms. The van der Waals surface area contributed by atoms with Crippen molar-refractivity contribution in [3.8, 4) is 39.7 Å². The Balaban J connectivity index is 1.91. The molecule has 0 unspecified atom stereocenters. The lowest BCUT2D eigenvalue weighted by atomic mass is 10.0. The lowest BCUT2D eigenvalue weighted by Gasteiger charge is -2.14. The predicted octanol–water partition coefficient (Wildman–Crippen LogP) is 5.89. The monoisotopic (exact) mass is 412 g/mol. The van der Waals surface area contributed by atoms with Gasteiger partial charge in [0.05, 0.1) is 29.5 Å². The van der Waals surface area contributed by atoms with Gasteiger partial charge < -0.3 is 4.57 Å². The number of hydrogen-bond donors (Lipinski definition) is 0. The molecule has 0 aliphatic carbocycles. The van der Waals surface area contributed by atoms with Crippen molar-refractivity contribution in [3.05, 3.63) is 103 Å². The molecular weight excluding hydrogens is 394 g/mol. The van der Waals surface area contributed by atoms with E-state index in [4.69, 9.17) is 4.98 Å². The fraction of sp³-hybridized carbons (Fsp3) is 0.0400. The first-order chi connectivity index (χ1) is 15.1. The lowest BCUT2D eigenvalue weighted by molar-refractivity contribution is 0.584. The Morgan fingerprint density at radius 1 is 0.806 bits per heavy atom. The summed E-state index contributed by atoms with van der Waals surface area (Å²) in [5.74, 6) is -0.217. The molecule has 0 amide bonds. The van der Waals surface area contributed by atoms with E-state index >= 15 is 0 Å². The second-order valence-corrected chi connectivity index (χ2v) is 7.19. The normalized spacial score (nSPS) is 11.1. The van der Waals surface area contributed by atoms with Crippen LogP contribution in [0.15, 0.2) is 91.4 Å². The minimum atomic E-state index is -0.673. The van der Waals surface area contributed by atoms with Crippen molar-refractivity contribution in [2.45, 2.75) is 0 Å². The second kappa shape index (κ2) is 7.65. The van der Waals surface area contributed by atoms with Crippen molar-refractivity contribution in [1.82, 2.24) is 19.1 Å². The van der Waals surface area contributed by atoms with Gasteiger partial charge in [0.25, 0.3) is 0 Å². The van der Waals surface area contributed by atoms with Crippen molar-refractivity contribution in [2.24, 2.45) is 7.05 Å². The molecule has 3 aromatic carbocycles. The molecule has 5 rings (SSSR count). The van der Waals surface area contributed by atoms with Crippen molar-refractivity contribution in [1.29, 1.82) is 0 Å². The maximum Gasteiger partial charge on any atom is 0.149 e. The van der Waals surface area contributed by atoms with Gasteiger partial charge in [-0.2, -0.15) is 0 Å². The van der Waals surface area contributed by atoms with Gasteiger partial charge in [-0.05, 0) is 12.1 Å². The number of rotatable bonds is 4. The molecule has 0 aliphatic rings. The van der Waals surface area contributed by atoms with Crippen LogP contribution in [0.2, 0.25) is 0 Å². The smallest absolute Gasteiger partial charge is 0.149 e. The van der Waals surface area contributed by atoms with Crippen LogP contribution < -0.4 is 0 Å². The predicted molar refractivity (Wildman–Crippen MR) is 117 cm³/mol. The van der Waals surface area contributed by atoms with E-state index in [1.807, 2.05) is 76.8 Å².